The van der Waals surface area contributed by atoms with Crippen molar-refractivity contribution in [2.45, 2.75) is 57.5 Å². The van der Waals surface area contributed by atoms with E-state index in [2.05, 4.69) is 24.9 Å². The molecule has 0 spiro atoms. The zero-order valence-electron chi connectivity index (χ0n) is 20.3. The molecule has 1 aromatic carbocycles. The van der Waals surface area contributed by atoms with Crippen molar-refractivity contribution >= 4 is 39.7 Å². The van der Waals surface area contributed by atoms with Crippen molar-refractivity contribution in [1.82, 2.24) is 14.7 Å². The van der Waals surface area contributed by atoms with Crippen molar-refractivity contribution < 1.29 is 14.0 Å². The molecule has 3 aromatic rings. The number of pyridine rings is 1. The van der Waals surface area contributed by atoms with Gasteiger partial charge in [-0.05, 0) is 86.8 Å². The summed E-state index contributed by atoms with van der Waals surface area (Å²) in [6.07, 6.45) is 5.41. The number of primary amides is 1. The Morgan fingerprint density at radius 3 is 2.67 bits per heavy atom. The predicted octanol–water partition coefficient (Wildman–Crippen LogP) is 4.49. The number of nitrogens with two attached hydrogens (primary N) is 1. The Hall–Kier alpha value is -3.53. The number of carbonyl (C=O) groups is 2. The van der Waals surface area contributed by atoms with Crippen LogP contribution in [0, 0.1) is 12.7 Å². The molecule has 0 radical (unpaired) electrons. The van der Waals surface area contributed by atoms with E-state index < -0.39 is 17.6 Å². The Kier molecular flexibility index (Phi) is 6.61. The maximum Gasteiger partial charge on any atom is 0.269 e. The van der Waals surface area contributed by atoms with Gasteiger partial charge in [0.05, 0.1) is 28.8 Å². The highest BCUT2D eigenvalue weighted by molar-refractivity contribution is 7.10. The molecule has 2 atom stereocenters. The molecule has 1 saturated heterocycles. The van der Waals surface area contributed by atoms with Gasteiger partial charge < -0.3 is 21.3 Å². The fourth-order valence-corrected chi connectivity index (χ4v) is 5.46. The summed E-state index contributed by atoms with van der Waals surface area (Å²) in [5.74, 6) is -1.08. The summed E-state index contributed by atoms with van der Waals surface area (Å²) in [5, 5.41) is 7.03. The largest absolute Gasteiger partial charge is 0.365 e. The average molecular weight is 509 g/mol. The van der Waals surface area contributed by atoms with Crippen LogP contribution in [0.25, 0.3) is 0 Å². The normalized spacial score (nSPS) is 19.7. The van der Waals surface area contributed by atoms with Crippen LogP contribution in [0.5, 0.6) is 0 Å². The van der Waals surface area contributed by atoms with Gasteiger partial charge in [-0.25, -0.2) is 9.37 Å². The summed E-state index contributed by atoms with van der Waals surface area (Å²) in [4.78, 5) is 31.4. The molecule has 10 heteroatoms. The highest BCUT2D eigenvalue weighted by Gasteiger charge is 2.31. The molecule has 188 valence electrons. The molecule has 36 heavy (non-hydrogen) atoms. The van der Waals surface area contributed by atoms with E-state index >= 15 is 0 Å². The zero-order chi connectivity index (χ0) is 25.4. The summed E-state index contributed by atoms with van der Waals surface area (Å²) in [6, 6.07) is 8.43. The number of benzene rings is 1. The highest BCUT2D eigenvalue weighted by atomic mass is 32.1. The van der Waals surface area contributed by atoms with Gasteiger partial charge in [0, 0.05) is 18.6 Å². The second-order valence-corrected chi connectivity index (χ2v) is 10.4. The molecular weight excluding hydrogens is 479 g/mol. The Balaban J connectivity index is 1.34. The number of rotatable bonds is 7. The monoisotopic (exact) mass is 508 g/mol. The fourth-order valence-electron chi connectivity index (χ4n) is 4.79. The van der Waals surface area contributed by atoms with E-state index in [4.69, 9.17) is 5.73 Å². The van der Waals surface area contributed by atoms with E-state index in [-0.39, 0.29) is 23.3 Å². The van der Waals surface area contributed by atoms with E-state index in [1.54, 1.807) is 12.3 Å². The van der Waals surface area contributed by atoms with E-state index in [1.165, 1.54) is 17.6 Å². The quantitative estimate of drug-likeness (QED) is 0.433. The van der Waals surface area contributed by atoms with Crippen molar-refractivity contribution in [2.24, 2.45) is 5.73 Å². The van der Waals surface area contributed by atoms with Gasteiger partial charge in [0.1, 0.15) is 10.8 Å². The first-order valence-electron chi connectivity index (χ1n) is 12.2. The first-order chi connectivity index (χ1) is 17.3. The fraction of sp³-hybridized carbons (Fsp3) is 0.385. The summed E-state index contributed by atoms with van der Waals surface area (Å²) >= 11 is 1.29. The third-order valence-corrected chi connectivity index (χ3v) is 7.71. The number of hydrogen-bond donors (Lipinski definition) is 3. The van der Waals surface area contributed by atoms with Gasteiger partial charge in [-0.15, -0.1) is 0 Å². The molecule has 8 nitrogen and oxygen atoms in total. The van der Waals surface area contributed by atoms with Crippen LogP contribution in [0.1, 0.15) is 70.6 Å². The maximum atomic E-state index is 14.7. The topological polar surface area (TPSA) is 113 Å². The first-order valence-corrected chi connectivity index (χ1v) is 12.9. The molecule has 1 aliphatic heterocycles. The van der Waals surface area contributed by atoms with Gasteiger partial charge in [-0.1, -0.05) is 6.07 Å². The molecule has 5 rings (SSSR count). The number of amides is 2. The van der Waals surface area contributed by atoms with Crippen LogP contribution in [0.4, 0.5) is 20.8 Å². The Labute approximate surface area is 213 Å². The van der Waals surface area contributed by atoms with Crippen molar-refractivity contribution in [2.75, 3.05) is 16.8 Å². The van der Waals surface area contributed by atoms with Crippen molar-refractivity contribution in [3.63, 3.8) is 0 Å². The number of aryl methyl sites for hydroxylation is 1. The maximum absolute atomic E-state index is 14.7. The number of hydrogen-bond acceptors (Lipinski definition) is 7. The molecule has 2 fully saturated rings. The highest BCUT2D eigenvalue weighted by Crippen LogP contribution is 2.40. The van der Waals surface area contributed by atoms with Crippen LogP contribution in [0.2, 0.25) is 0 Å². The van der Waals surface area contributed by atoms with Gasteiger partial charge in [-0.3, -0.25) is 9.59 Å². The Bertz CT molecular complexity index is 1310. The van der Waals surface area contributed by atoms with Gasteiger partial charge in [0.2, 0.25) is 0 Å². The number of aromatic nitrogens is 2. The number of nitrogens with zero attached hydrogens (tertiary/aromatic N) is 3. The molecule has 3 heterocycles. The SMILES string of the molecule is Cc1cc(Nc2cc(N3CCC[C@@H](NC(=O)c4ccc(C5CC5)cc4F)[C@H]3C)cnc2C(N)=O)sn1. The lowest BCUT2D eigenvalue weighted by Gasteiger charge is -2.41. The molecular formula is C26H29FN6O2S. The van der Waals surface area contributed by atoms with Crippen molar-refractivity contribution in [1.29, 1.82) is 0 Å². The molecule has 2 aliphatic rings. The number of halogens is 1. The van der Waals surface area contributed by atoms with E-state index in [0.717, 1.165) is 54.2 Å². The number of nitrogens with one attached hydrogen (secondary N) is 2. The molecule has 1 saturated carbocycles. The minimum Gasteiger partial charge on any atom is -0.365 e. The standard InChI is InChI=1S/C26H29FN6O2S/c1-14-10-23(36-32-14)30-22-12-18(13-29-24(22)25(28)34)33-9-3-4-21(15(33)2)31-26(35)19-8-7-17(11-20(19)27)16-5-6-16/h7-8,10-13,15-16,21,30H,3-6,9H2,1-2H3,(H2,28,34)(H,31,35)/t15-,21-/m1/s1. The molecule has 0 unspecified atom stereocenters. The molecule has 1 aliphatic carbocycles. The summed E-state index contributed by atoms with van der Waals surface area (Å²) in [7, 11) is 0. The predicted molar refractivity (Wildman–Crippen MR) is 139 cm³/mol. The minimum absolute atomic E-state index is 0.0718. The molecule has 0 bridgehead atoms. The van der Waals surface area contributed by atoms with Crippen LogP contribution in [0.15, 0.2) is 36.5 Å². The van der Waals surface area contributed by atoms with Gasteiger partial charge in [-0.2, -0.15) is 4.37 Å². The Morgan fingerprint density at radius 2 is 2.00 bits per heavy atom. The number of piperidine rings is 1. The van der Waals surface area contributed by atoms with Crippen LogP contribution in [0.3, 0.4) is 0 Å². The third-order valence-electron chi connectivity index (χ3n) is 6.92. The van der Waals surface area contributed by atoms with Crippen molar-refractivity contribution in [3.05, 3.63) is 64.9 Å². The van der Waals surface area contributed by atoms with Crippen LogP contribution in [-0.2, 0) is 0 Å². The average Bonchev–Trinajstić information content (AvgIpc) is 3.62. The number of carbonyl (C=O) groups excluding carboxylic acids is 2. The smallest absolute Gasteiger partial charge is 0.269 e. The second-order valence-electron chi connectivity index (χ2n) is 9.58. The Morgan fingerprint density at radius 1 is 1.19 bits per heavy atom. The van der Waals surface area contributed by atoms with Gasteiger partial charge in [0.25, 0.3) is 11.8 Å². The first kappa shape index (κ1) is 24.2. The summed E-state index contributed by atoms with van der Waals surface area (Å²) in [5.41, 5.74) is 8.91. The van der Waals surface area contributed by atoms with E-state index in [9.17, 15) is 14.0 Å². The molecule has 4 N–H and O–H groups in total. The lowest BCUT2D eigenvalue weighted by Crippen LogP contribution is -2.54. The third kappa shape index (κ3) is 5.04. The van der Waals surface area contributed by atoms with Crippen LogP contribution >= 0.6 is 11.5 Å². The minimum atomic E-state index is -0.628. The van der Waals surface area contributed by atoms with Crippen LogP contribution < -0.4 is 21.3 Å². The molecule has 2 aromatic heterocycles. The lowest BCUT2D eigenvalue weighted by molar-refractivity contribution is 0.0919. The summed E-state index contributed by atoms with van der Waals surface area (Å²) < 4.78 is 18.9. The zero-order valence-corrected chi connectivity index (χ0v) is 21.1. The van der Waals surface area contributed by atoms with E-state index in [0.29, 0.717) is 11.6 Å². The van der Waals surface area contributed by atoms with Crippen molar-refractivity contribution in [3.8, 4) is 0 Å². The number of anilines is 3. The van der Waals surface area contributed by atoms with E-state index in [1.807, 2.05) is 32.0 Å². The molecule has 2 amide bonds. The summed E-state index contributed by atoms with van der Waals surface area (Å²) in [6.45, 7) is 4.68. The van der Waals surface area contributed by atoms with Gasteiger partial charge >= 0.3 is 0 Å². The van der Waals surface area contributed by atoms with Crippen LogP contribution in [-0.4, -0.2) is 39.8 Å². The second kappa shape index (κ2) is 9.85. The lowest BCUT2D eigenvalue weighted by atomic mass is 9.96. The van der Waals surface area contributed by atoms with Gasteiger partial charge in [0.15, 0.2) is 5.69 Å².